The van der Waals surface area contributed by atoms with E-state index in [9.17, 15) is 13.2 Å². The number of anilines is 1. The molecule has 6 nitrogen and oxygen atoms in total. The maximum Gasteiger partial charge on any atom is 0.573 e. The van der Waals surface area contributed by atoms with Gasteiger partial charge in [0, 0.05) is 18.0 Å². The Morgan fingerprint density at radius 2 is 1.80 bits per heavy atom. The van der Waals surface area contributed by atoms with E-state index >= 15 is 8.78 Å². The smallest absolute Gasteiger partial charge is 0.486 e. The van der Waals surface area contributed by atoms with Gasteiger partial charge in [0.05, 0.1) is 18.4 Å². The number of ether oxygens (including phenoxy) is 2. The molecule has 0 atom stereocenters. The molecule has 2 aliphatic heterocycles. The number of hydrogen-bond donors (Lipinski definition) is 0. The Balaban J connectivity index is 1.47. The SMILES string of the molecule is CC(C)N1CCOc2c(OC(F)(F)F)cc(-c3nc(Cc4ccc(C5CCN(C)CC5)c(F)c4)ncc3F)cc21. The van der Waals surface area contributed by atoms with Crippen molar-refractivity contribution in [3.8, 4) is 22.8 Å². The van der Waals surface area contributed by atoms with Crippen LogP contribution in [0.5, 0.6) is 11.5 Å². The largest absolute Gasteiger partial charge is 0.573 e. The second kappa shape index (κ2) is 11.2. The van der Waals surface area contributed by atoms with Crippen molar-refractivity contribution in [1.29, 1.82) is 0 Å². The second-order valence-corrected chi connectivity index (χ2v) is 10.6. The number of halogens is 5. The van der Waals surface area contributed by atoms with Crippen molar-refractivity contribution in [3.05, 3.63) is 65.1 Å². The highest BCUT2D eigenvalue weighted by atomic mass is 19.4. The third-order valence-electron chi connectivity index (χ3n) is 7.43. The fourth-order valence-electron chi connectivity index (χ4n) is 5.39. The van der Waals surface area contributed by atoms with Gasteiger partial charge in [-0.1, -0.05) is 12.1 Å². The summed E-state index contributed by atoms with van der Waals surface area (Å²) in [5.74, 6) is -1.38. The van der Waals surface area contributed by atoms with Crippen molar-refractivity contribution < 1.29 is 31.4 Å². The maximum absolute atomic E-state index is 15.0. The first-order chi connectivity index (χ1) is 19.0. The number of piperidine rings is 1. The van der Waals surface area contributed by atoms with Crippen LogP contribution in [0.3, 0.4) is 0 Å². The average molecular weight is 563 g/mol. The van der Waals surface area contributed by atoms with Crippen LogP contribution in [0.2, 0.25) is 0 Å². The molecule has 214 valence electrons. The molecule has 0 saturated carbocycles. The lowest BCUT2D eigenvalue weighted by Crippen LogP contribution is -2.38. The molecule has 1 fully saturated rings. The summed E-state index contributed by atoms with van der Waals surface area (Å²) < 4.78 is 79.7. The van der Waals surface area contributed by atoms with Crippen LogP contribution in [-0.4, -0.2) is 60.6 Å². The summed E-state index contributed by atoms with van der Waals surface area (Å²) in [6.07, 6.45) is -2.11. The predicted octanol–water partition coefficient (Wildman–Crippen LogP) is 6.33. The molecule has 1 aromatic heterocycles. The fourth-order valence-corrected chi connectivity index (χ4v) is 5.39. The van der Waals surface area contributed by atoms with Crippen molar-refractivity contribution in [1.82, 2.24) is 14.9 Å². The van der Waals surface area contributed by atoms with E-state index in [4.69, 9.17) is 4.74 Å². The molecular weight excluding hydrogens is 531 g/mol. The summed E-state index contributed by atoms with van der Waals surface area (Å²) in [6, 6.07) is 7.61. The highest BCUT2D eigenvalue weighted by Crippen LogP contribution is 2.46. The quantitative estimate of drug-likeness (QED) is 0.328. The van der Waals surface area contributed by atoms with Crippen molar-refractivity contribution in [2.75, 3.05) is 38.2 Å². The molecule has 0 aliphatic carbocycles. The van der Waals surface area contributed by atoms with Crippen LogP contribution in [-0.2, 0) is 6.42 Å². The predicted molar refractivity (Wildman–Crippen MR) is 141 cm³/mol. The molecular formula is C29H31F5N4O2. The summed E-state index contributed by atoms with van der Waals surface area (Å²) in [5, 5.41) is 0. The molecule has 11 heteroatoms. The number of nitrogens with zero attached hydrogens (tertiary/aromatic N) is 4. The number of alkyl halides is 3. The Morgan fingerprint density at radius 1 is 1.05 bits per heavy atom. The van der Waals surface area contributed by atoms with E-state index in [0.717, 1.165) is 38.2 Å². The van der Waals surface area contributed by atoms with E-state index < -0.39 is 17.9 Å². The minimum Gasteiger partial charge on any atom is -0.486 e. The van der Waals surface area contributed by atoms with Crippen molar-refractivity contribution >= 4 is 5.69 Å². The summed E-state index contributed by atoms with van der Waals surface area (Å²) >= 11 is 0. The van der Waals surface area contributed by atoms with Crippen molar-refractivity contribution in [2.45, 2.75) is 51.4 Å². The molecule has 3 heterocycles. The van der Waals surface area contributed by atoms with Gasteiger partial charge >= 0.3 is 6.36 Å². The van der Waals surface area contributed by atoms with E-state index in [2.05, 4.69) is 26.7 Å². The normalized spacial score (nSPS) is 16.7. The number of hydrogen-bond acceptors (Lipinski definition) is 6. The first-order valence-electron chi connectivity index (χ1n) is 13.3. The molecule has 3 aromatic rings. The molecule has 0 radical (unpaired) electrons. The third kappa shape index (κ3) is 6.14. The maximum atomic E-state index is 15.0. The second-order valence-electron chi connectivity index (χ2n) is 10.6. The highest BCUT2D eigenvalue weighted by molar-refractivity contribution is 5.76. The molecule has 2 aliphatic rings. The van der Waals surface area contributed by atoms with Crippen LogP contribution in [0.1, 0.15) is 49.6 Å². The lowest BCUT2D eigenvalue weighted by Gasteiger charge is -2.35. The van der Waals surface area contributed by atoms with E-state index in [1.54, 1.807) is 12.1 Å². The molecule has 0 spiro atoms. The number of likely N-dealkylation sites (tertiary alicyclic amines) is 1. The number of aromatic nitrogens is 2. The zero-order valence-electron chi connectivity index (χ0n) is 22.6. The number of fused-ring (bicyclic) bond motifs is 1. The van der Waals surface area contributed by atoms with Gasteiger partial charge in [-0.2, -0.15) is 0 Å². The van der Waals surface area contributed by atoms with E-state index in [-0.39, 0.29) is 53.6 Å². The van der Waals surface area contributed by atoms with Gasteiger partial charge in [0.15, 0.2) is 17.3 Å². The zero-order chi connectivity index (χ0) is 28.6. The summed E-state index contributed by atoms with van der Waals surface area (Å²) in [6.45, 7) is 6.24. The molecule has 5 rings (SSSR count). The van der Waals surface area contributed by atoms with Gasteiger partial charge in [-0.25, -0.2) is 18.7 Å². The van der Waals surface area contributed by atoms with Crippen LogP contribution >= 0.6 is 0 Å². The first-order valence-corrected chi connectivity index (χ1v) is 13.3. The highest BCUT2D eigenvalue weighted by Gasteiger charge is 2.35. The lowest BCUT2D eigenvalue weighted by atomic mass is 9.88. The minimum absolute atomic E-state index is 0.0594. The molecule has 1 saturated heterocycles. The fraction of sp³-hybridized carbons (Fsp3) is 0.448. The zero-order valence-corrected chi connectivity index (χ0v) is 22.6. The summed E-state index contributed by atoms with van der Waals surface area (Å²) in [5.41, 5.74) is 1.54. The molecule has 0 bridgehead atoms. The lowest BCUT2D eigenvalue weighted by molar-refractivity contribution is -0.275. The van der Waals surface area contributed by atoms with Crippen molar-refractivity contribution in [2.24, 2.45) is 0 Å². The van der Waals surface area contributed by atoms with Crippen molar-refractivity contribution in [3.63, 3.8) is 0 Å². The topological polar surface area (TPSA) is 50.7 Å². The monoisotopic (exact) mass is 562 g/mol. The Kier molecular flexibility index (Phi) is 7.85. The molecule has 0 unspecified atom stereocenters. The molecule has 40 heavy (non-hydrogen) atoms. The van der Waals surface area contributed by atoms with Crippen LogP contribution in [0.4, 0.5) is 27.6 Å². The summed E-state index contributed by atoms with van der Waals surface area (Å²) in [7, 11) is 2.05. The standard InChI is InChI=1S/C29H31F5N4O2/c1-17(2)38-10-11-39-28-24(38)14-20(15-25(28)40-29(32,33)34)27-23(31)16-35-26(36-27)13-18-4-5-21(22(30)12-18)19-6-8-37(3)9-7-19/h4-5,12,14-17,19H,6-11,13H2,1-3H3. The van der Waals surface area contributed by atoms with Crippen LogP contribution < -0.4 is 14.4 Å². The van der Waals surface area contributed by atoms with Crippen LogP contribution in [0, 0.1) is 11.6 Å². The van der Waals surface area contributed by atoms with Gasteiger partial charge in [-0.05, 0) is 82.1 Å². The average Bonchev–Trinajstić information content (AvgIpc) is 2.89. The van der Waals surface area contributed by atoms with Crippen LogP contribution in [0.15, 0.2) is 36.5 Å². The first kappa shape index (κ1) is 28.1. The molecule has 2 aromatic carbocycles. The summed E-state index contributed by atoms with van der Waals surface area (Å²) in [4.78, 5) is 12.5. The molecule has 0 N–H and O–H groups in total. The van der Waals surface area contributed by atoms with Gasteiger partial charge in [-0.15, -0.1) is 13.2 Å². The van der Waals surface area contributed by atoms with E-state index in [1.807, 2.05) is 24.8 Å². The Bertz CT molecular complexity index is 1370. The molecule has 0 amide bonds. The Morgan fingerprint density at radius 3 is 2.48 bits per heavy atom. The van der Waals surface area contributed by atoms with Gasteiger partial charge in [0.1, 0.15) is 23.9 Å². The Hall–Kier alpha value is -3.47. The van der Waals surface area contributed by atoms with Gasteiger partial charge in [-0.3, -0.25) is 0 Å². The van der Waals surface area contributed by atoms with Gasteiger partial charge < -0.3 is 19.3 Å². The Labute approximate surface area is 229 Å². The van der Waals surface area contributed by atoms with Crippen LogP contribution in [0.25, 0.3) is 11.3 Å². The number of benzene rings is 2. The van der Waals surface area contributed by atoms with E-state index in [1.165, 1.54) is 6.07 Å². The van der Waals surface area contributed by atoms with Gasteiger partial charge in [0.2, 0.25) is 0 Å². The van der Waals surface area contributed by atoms with Gasteiger partial charge in [0.25, 0.3) is 0 Å². The number of rotatable bonds is 6. The third-order valence-corrected chi connectivity index (χ3v) is 7.43. The van der Waals surface area contributed by atoms with E-state index in [0.29, 0.717) is 23.4 Å². The minimum atomic E-state index is -4.98.